The zero-order valence-electron chi connectivity index (χ0n) is 17.0. The standard InChI is InChI=1S/C24H22ClN3O3/c1-17-6-10-19(11-7-17)24(30)26-15-23(29)28-27-14-20-4-2-3-5-22(20)31-16-18-8-12-21(25)13-9-18/h2-14H,15-16H2,1H3,(H,26,30)(H,28,29)/b27-14-. The summed E-state index contributed by atoms with van der Waals surface area (Å²) in [6, 6.07) is 21.8. The summed E-state index contributed by atoms with van der Waals surface area (Å²) in [5.41, 5.74) is 5.64. The number of carbonyl (C=O) groups excluding carboxylic acids is 2. The highest BCUT2D eigenvalue weighted by molar-refractivity contribution is 6.30. The molecule has 0 unspecified atom stereocenters. The van der Waals surface area contributed by atoms with Crippen LogP contribution in [0.1, 0.15) is 27.0 Å². The van der Waals surface area contributed by atoms with E-state index in [4.69, 9.17) is 16.3 Å². The van der Waals surface area contributed by atoms with Crippen molar-refractivity contribution < 1.29 is 14.3 Å². The van der Waals surface area contributed by atoms with Gasteiger partial charge in [0.25, 0.3) is 11.8 Å². The molecular formula is C24H22ClN3O3. The van der Waals surface area contributed by atoms with Crippen LogP contribution in [-0.4, -0.2) is 24.6 Å². The number of para-hydroxylation sites is 1. The largest absolute Gasteiger partial charge is 0.488 e. The molecule has 2 N–H and O–H groups in total. The van der Waals surface area contributed by atoms with Gasteiger partial charge in [0.05, 0.1) is 12.8 Å². The first kappa shape index (κ1) is 22.1. The maximum Gasteiger partial charge on any atom is 0.259 e. The van der Waals surface area contributed by atoms with Gasteiger partial charge in [-0.25, -0.2) is 5.43 Å². The number of benzene rings is 3. The first-order valence-corrected chi connectivity index (χ1v) is 10.0. The predicted octanol–water partition coefficient (Wildman–Crippen LogP) is 4.11. The second-order valence-electron chi connectivity index (χ2n) is 6.79. The van der Waals surface area contributed by atoms with E-state index < -0.39 is 5.91 Å². The van der Waals surface area contributed by atoms with Crippen LogP contribution in [0, 0.1) is 6.92 Å². The molecule has 0 atom stereocenters. The molecule has 0 spiro atoms. The van der Waals surface area contributed by atoms with Gasteiger partial charge in [-0.3, -0.25) is 9.59 Å². The molecule has 0 aliphatic rings. The smallest absolute Gasteiger partial charge is 0.259 e. The van der Waals surface area contributed by atoms with E-state index in [-0.39, 0.29) is 12.5 Å². The van der Waals surface area contributed by atoms with Crippen LogP contribution in [-0.2, 0) is 11.4 Å². The van der Waals surface area contributed by atoms with Crippen LogP contribution >= 0.6 is 11.6 Å². The van der Waals surface area contributed by atoms with E-state index in [1.807, 2.05) is 55.5 Å². The Morgan fingerprint density at radius 1 is 1.00 bits per heavy atom. The second kappa shape index (κ2) is 10.9. The van der Waals surface area contributed by atoms with Crippen molar-refractivity contribution in [1.82, 2.24) is 10.7 Å². The molecule has 0 saturated heterocycles. The second-order valence-corrected chi connectivity index (χ2v) is 7.23. The monoisotopic (exact) mass is 435 g/mol. The van der Waals surface area contributed by atoms with E-state index in [0.29, 0.717) is 28.5 Å². The number of hydrogen-bond donors (Lipinski definition) is 2. The Morgan fingerprint density at radius 2 is 1.71 bits per heavy atom. The van der Waals surface area contributed by atoms with Gasteiger partial charge >= 0.3 is 0 Å². The lowest BCUT2D eigenvalue weighted by Crippen LogP contribution is -2.34. The minimum Gasteiger partial charge on any atom is -0.488 e. The summed E-state index contributed by atoms with van der Waals surface area (Å²) in [5.74, 6) is -0.125. The van der Waals surface area contributed by atoms with Crippen LogP contribution in [0.15, 0.2) is 77.9 Å². The van der Waals surface area contributed by atoms with Crippen LogP contribution in [0.3, 0.4) is 0 Å². The molecule has 0 saturated carbocycles. The molecule has 0 aliphatic carbocycles. The number of carbonyl (C=O) groups is 2. The van der Waals surface area contributed by atoms with Crippen molar-refractivity contribution in [2.75, 3.05) is 6.54 Å². The maximum absolute atomic E-state index is 12.1. The first-order valence-electron chi connectivity index (χ1n) is 9.64. The predicted molar refractivity (Wildman–Crippen MR) is 121 cm³/mol. The number of ether oxygens (including phenoxy) is 1. The number of hydrazone groups is 1. The lowest BCUT2D eigenvalue weighted by atomic mass is 10.1. The van der Waals surface area contributed by atoms with Crippen molar-refractivity contribution in [2.45, 2.75) is 13.5 Å². The van der Waals surface area contributed by atoms with Gasteiger partial charge in [0.2, 0.25) is 0 Å². The molecule has 6 nitrogen and oxygen atoms in total. The Hall–Kier alpha value is -3.64. The van der Waals surface area contributed by atoms with Gasteiger partial charge in [-0.2, -0.15) is 5.10 Å². The van der Waals surface area contributed by atoms with Crippen LogP contribution in [0.2, 0.25) is 5.02 Å². The van der Waals surface area contributed by atoms with E-state index in [9.17, 15) is 9.59 Å². The Kier molecular flexibility index (Phi) is 7.79. The molecule has 3 rings (SSSR count). The van der Waals surface area contributed by atoms with Crippen molar-refractivity contribution in [2.24, 2.45) is 5.10 Å². The van der Waals surface area contributed by atoms with Crippen LogP contribution in [0.25, 0.3) is 0 Å². The summed E-state index contributed by atoms with van der Waals surface area (Å²) >= 11 is 5.90. The van der Waals surface area contributed by atoms with Crippen molar-refractivity contribution >= 4 is 29.6 Å². The lowest BCUT2D eigenvalue weighted by molar-refractivity contribution is -0.120. The molecule has 0 heterocycles. The summed E-state index contributed by atoms with van der Waals surface area (Å²) in [7, 11) is 0. The van der Waals surface area contributed by atoms with Crippen molar-refractivity contribution in [3.63, 3.8) is 0 Å². The normalized spacial score (nSPS) is 10.6. The Morgan fingerprint density at radius 3 is 2.45 bits per heavy atom. The fourth-order valence-electron chi connectivity index (χ4n) is 2.64. The van der Waals surface area contributed by atoms with E-state index in [0.717, 1.165) is 11.1 Å². The fraction of sp³-hybridized carbons (Fsp3) is 0.125. The number of halogens is 1. The highest BCUT2D eigenvalue weighted by atomic mass is 35.5. The molecular weight excluding hydrogens is 414 g/mol. The van der Waals surface area contributed by atoms with Gasteiger partial charge in [0, 0.05) is 16.1 Å². The molecule has 0 fully saturated rings. The summed E-state index contributed by atoms with van der Waals surface area (Å²) in [6.07, 6.45) is 1.50. The maximum atomic E-state index is 12.1. The number of hydrogen-bond acceptors (Lipinski definition) is 4. The minimum absolute atomic E-state index is 0.182. The average Bonchev–Trinajstić information content (AvgIpc) is 2.78. The Bertz CT molecular complexity index is 1060. The summed E-state index contributed by atoms with van der Waals surface area (Å²) < 4.78 is 5.85. The van der Waals surface area contributed by atoms with Crippen molar-refractivity contribution in [3.8, 4) is 5.75 Å². The number of nitrogens with zero attached hydrogens (tertiary/aromatic N) is 1. The first-order chi connectivity index (χ1) is 15.0. The molecule has 31 heavy (non-hydrogen) atoms. The SMILES string of the molecule is Cc1ccc(C(=O)NCC(=O)N/N=C\c2ccccc2OCc2ccc(Cl)cc2)cc1. The number of rotatable bonds is 8. The molecule has 158 valence electrons. The highest BCUT2D eigenvalue weighted by Crippen LogP contribution is 2.18. The van der Waals surface area contributed by atoms with Gasteiger partial charge in [0.1, 0.15) is 12.4 Å². The lowest BCUT2D eigenvalue weighted by Gasteiger charge is -2.09. The molecule has 0 aliphatic heterocycles. The third-order valence-electron chi connectivity index (χ3n) is 4.34. The highest BCUT2D eigenvalue weighted by Gasteiger charge is 2.07. The fourth-order valence-corrected chi connectivity index (χ4v) is 2.77. The molecule has 7 heteroatoms. The zero-order chi connectivity index (χ0) is 22.1. The van der Waals surface area contributed by atoms with Gasteiger partial charge in [0.15, 0.2) is 0 Å². The van der Waals surface area contributed by atoms with E-state index >= 15 is 0 Å². The van der Waals surface area contributed by atoms with Crippen LogP contribution < -0.4 is 15.5 Å². The quantitative estimate of drug-likeness (QED) is 0.413. The van der Waals surface area contributed by atoms with Crippen LogP contribution in [0.4, 0.5) is 0 Å². The molecule has 3 aromatic rings. The summed E-state index contributed by atoms with van der Waals surface area (Å²) in [4.78, 5) is 24.0. The van der Waals surface area contributed by atoms with Gasteiger partial charge in [-0.05, 0) is 48.9 Å². The topological polar surface area (TPSA) is 79.8 Å². The zero-order valence-corrected chi connectivity index (χ0v) is 17.7. The van der Waals surface area contributed by atoms with E-state index in [1.165, 1.54) is 6.21 Å². The summed E-state index contributed by atoms with van der Waals surface area (Å²) in [6.45, 7) is 2.13. The molecule has 0 aromatic heterocycles. The molecule has 3 aromatic carbocycles. The van der Waals surface area contributed by atoms with Gasteiger partial charge < -0.3 is 10.1 Å². The minimum atomic E-state index is -0.434. The van der Waals surface area contributed by atoms with Gasteiger partial charge in [-0.1, -0.05) is 53.6 Å². The third kappa shape index (κ3) is 6.97. The number of amides is 2. The number of aryl methyl sites for hydroxylation is 1. The molecule has 2 amide bonds. The summed E-state index contributed by atoms with van der Waals surface area (Å²) in [5, 5.41) is 7.19. The van der Waals surface area contributed by atoms with E-state index in [2.05, 4.69) is 15.8 Å². The Balaban J connectivity index is 1.49. The Labute approximate surface area is 185 Å². The van der Waals surface area contributed by atoms with Gasteiger partial charge in [-0.15, -0.1) is 0 Å². The third-order valence-corrected chi connectivity index (χ3v) is 4.59. The molecule has 0 radical (unpaired) electrons. The van der Waals surface area contributed by atoms with Crippen molar-refractivity contribution in [3.05, 3.63) is 100 Å². The van der Waals surface area contributed by atoms with Crippen molar-refractivity contribution in [1.29, 1.82) is 0 Å². The van der Waals surface area contributed by atoms with Crippen LogP contribution in [0.5, 0.6) is 5.75 Å². The average molecular weight is 436 g/mol. The molecule has 0 bridgehead atoms. The number of nitrogens with one attached hydrogen (secondary N) is 2. The van der Waals surface area contributed by atoms with E-state index in [1.54, 1.807) is 24.3 Å².